The van der Waals surface area contributed by atoms with Gasteiger partial charge >= 0.3 is 0 Å². The fourth-order valence-corrected chi connectivity index (χ4v) is 13.9. The summed E-state index contributed by atoms with van der Waals surface area (Å²) < 4.78 is 89.8. The van der Waals surface area contributed by atoms with Crippen molar-refractivity contribution in [2.45, 2.75) is 37.4 Å². The molecular formula is C47H46N2O10S6. The first-order chi connectivity index (χ1) is 31.1. The van der Waals surface area contributed by atoms with E-state index in [2.05, 4.69) is 5.32 Å². The smallest absolute Gasteiger partial charge is 0.221 e. The van der Waals surface area contributed by atoms with Crippen LogP contribution in [-0.2, 0) is 34.3 Å². The number of sulfone groups is 3. The highest BCUT2D eigenvalue weighted by Crippen LogP contribution is 2.35. The normalized spacial score (nSPS) is 17.2. The van der Waals surface area contributed by atoms with Gasteiger partial charge in [0.2, 0.25) is 5.91 Å². The molecule has 6 aromatic rings. The molecule has 3 fully saturated rings. The lowest BCUT2D eigenvalue weighted by Gasteiger charge is -2.08. The Kier molecular flexibility index (Phi) is 15.8. The Labute approximate surface area is 392 Å². The average molecular weight is 991 g/mol. The Bertz CT molecular complexity index is 2860. The van der Waals surface area contributed by atoms with E-state index < -0.39 is 29.5 Å². The van der Waals surface area contributed by atoms with E-state index in [9.17, 15) is 30.0 Å². The monoisotopic (exact) mass is 990 g/mol. The van der Waals surface area contributed by atoms with Crippen LogP contribution in [0, 0.1) is 0 Å². The third kappa shape index (κ3) is 15.5. The molecule has 18 heteroatoms. The molecule has 1 amide bonds. The highest BCUT2D eigenvalue weighted by molar-refractivity contribution is 8.08. The quantitative estimate of drug-likeness (QED) is 0.0690. The zero-order valence-electron chi connectivity index (χ0n) is 35.0. The Hall–Kier alpha value is -5.11. The maximum absolute atomic E-state index is 12.2. The number of rotatable bonds is 16. The molecule has 65 heavy (non-hydrogen) atoms. The zero-order chi connectivity index (χ0) is 46.0. The number of thioether (sulfide) groups is 3. The van der Waals surface area contributed by atoms with Crippen LogP contribution >= 0.6 is 35.3 Å². The molecule has 3 N–H and O–H groups in total. The van der Waals surface area contributed by atoms with Crippen LogP contribution in [0.1, 0.15) is 6.92 Å². The Balaban J connectivity index is 0.000000146. The molecular weight excluding hydrogens is 945 g/mol. The minimum atomic E-state index is -3.22. The number of carbonyl (C=O) groups excluding carboxylic acids is 1. The van der Waals surface area contributed by atoms with Crippen LogP contribution in [0.25, 0.3) is 0 Å². The lowest BCUT2D eigenvalue weighted by atomic mass is 10.3. The van der Waals surface area contributed by atoms with Crippen molar-refractivity contribution in [3.8, 4) is 34.5 Å². The van der Waals surface area contributed by atoms with Crippen LogP contribution in [-0.4, -0.2) is 81.4 Å². The third-order valence-corrected chi connectivity index (χ3v) is 18.5. The zero-order valence-corrected chi connectivity index (χ0v) is 39.9. The van der Waals surface area contributed by atoms with Gasteiger partial charge in [0.15, 0.2) is 29.5 Å². The summed E-state index contributed by atoms with van der Waals surface area (Å²) in [5, 5.41) is 3.46. The summed E-state index contributed by atoms with van der Waals surface area (Å²) in [5.41, 5.74) is 6.97. The molecule has 9 rings (SSSR count). The number of para-hydroxylation sites is 1. The summed E-state index contributed by atoms with van der Waals surface area (Å²) in [6.07, 6.45) is 0. The summed E-state index contributed by atoms with van der Waals surface area (Å²) in [4.78, 5) is 12.0. The summed E-state index contributed by atoms with van der Waals surface area (Å²) in [6.45, 7) is 1.45. The van der Waals surface area contributed by atoms with Crippen molar-refractivity contribution in [1.29, 1.82) is 0 Å². The van der Waals surface area contributed by atoms with Crippen molar-refractivity contribution < 1.29 is 44.3 Å². The maximum Gasteiger partial charge on any atom is 0.221 e. The molecule has 12 nitrogen and oxygen atoms in total. The fourth-order valence-electron chi connectivity index (χ4n) is 5.90. The topological polar surface area (TPSA) is 185 Å². The molecule has 0 radical (unpaired) electrons. The van der Waals surface area contributed by atoms with Gasteiger partial charge in [0.1, 0.15) is 34.5 Å². The molecule has 3 saturated heterocycles. The molecule has 0 saturated carbocycles. The molecule has 3 aliphatic rings. The first-order valence-corrected chi connectivity index (χ1v) is 28.3. The lowest BCUT2D eigenvalue weighted by Crippen LogP contribution is -2.10. The van der Waals surface area contributed by atoms with E-state index in [4.69, 9.17) is 19.9 Å². The molecule has 3 unspecified atom stereocenters. The lowest BCUT2D eigenvalue weighted by molar-refractivity contribution is -0.114. The fraction of sp³-hybridized carbons (Fsp3) is 0.213. The van der Waals surface area contributed by atoms with Crippen molar-refractivity contribution in [1.82, 2.24) is 0 Å². The van der Waals surface area contributed by atoms with Gasteiger partial charge in [0, 0.05) is 51.3 Å². The largest absolute Gasteiger partial charge is 0.457 e. The highest BCUT2D eigenvalue weighted by atomic mass is 32.2. The molecule has 3 aliphatic heterocycles. The number of nitrogens with two attached hydrogens (primary N) is 1. The first-order valence-electron chi connectivity index (χ1n) is 20.2. The molecule has 6 aromatic carbocycles. The number of hydrogen-bond acceptors (Lipinski definition) is 14. The predicted octanol–water partition coefficient (Wildman–Crippen LogP) is 9.64. The molecule has 3 heterocycles. The van der Waals surface area contributed by atoms with Crippen LogP contribution in [0.2, 0.25) is 0 Å². The van der Waals surface area contributed by atoms with Crippen molar-refractivity contribution in [3.05, 3.63) is 152 Å². The van der Waals surface area contributed by atoms with E-state index in [0.29, 0.717) is 54.8 Å². The Morgan fingerprint density at radius 1 is 0.477 bits per heavy atom. The van der Waals surface area contributed by atoms with E-state index >= 15 is 0 Å². The summed E-state index contributed by atoms with van der Waals surface area (Å²) in [5.74, 6) is 7.12. The minimum absolute atomic E-state index is 0.134. The highest BCUT2D eigenvalue weighted by Gasteiger charge is 2.31. The molecule has 340 valence electrons. The molecule has 0 bridgehead atoms. The molecule has 0 spiro atoms. The first kappa shape index (κ1) is 47.8. The number of nitrogen functional groups attached to an aromatic ring is 1. The van der Waals surface area contributed by atoms with Crippen LogP contribution < -0.4 is 25.3 Å². The summed E-state index contributed by atoms with van der Waals surface area (Å²) in [6, 6.07) is 43.0. The van der Waals surface area contributed by atoms with Gasteiger partial charge in [-0.3, -0.25) is 4.79 Å². The number of hydrogen-bond donors (Lipinski definition) is 2. The Morgan fingerprint density at radius 3 is 1.05 bits per heavy atom. The van der Waals surface area contributed by atoms with Crippen molar-refractivity contribution >= 4 is 82.1 Å². The van der Waals surface area contributed by atoms with Crippen molar-refractivity contribution in [3.63, 3.8) is 0 Å². The average Bonchev–Trinajstić information content (AvgIpc) is 4.14. The molecule has 0 aliphatic carbocycles. The summed E-state index contributed by atoms with van der Waals surface area (Å²) in [7, 11) is -9.57. The van der Waals surface area contributed by atoms with E-state index in [1.807, 2.05) is 30.3 Å². The number of anilines is 2. The van der Waals surface area contributed by atoms with Crippen LogP contribution in [0.15, 0.2) is 166 Å². The molecule has 3 atom stereocenters. The van der Waals surface area contributed by atoms with Crippen LogP contribution in [0.3, 0.4) is 0 Å². The van der Waals surface area contributed by atoms with Gasteiger partial charge in [0.25, 0.3) is 0 Å². The van der Waals surface area contributed by atoms with Gasteiger partial charge in [-0.25, -0.2) is 25.3 Å². The van der Waals surface area contributed by atoms with E-state index in [-0.39, 0.29) is 38.9 Å². The van der Waals surface area contributed by atoms with Gasteiger partial charge in [-0.05, 0) is 133 Å². The van der Waals surface area contributed by atoms with Crippen molar-refractivity contribution in [2.24, 2.45) is 0 Å². The van der Waals surface area contributed by atoms with E-state index in [1.54, 1.807) is 157 Å². The third-order valence-electron chi connectivity index (χ3n) is 9.48. The van der Waals surface area contributed by atoms with Gasteiger partial charge in [0.05, 0.1) is 31.9 Å². The van der Waals surface area contributed by atoms with Gasteiger partial charge in [-0.2, -0.15) is 35.3 Å². The number of nitrogens with one attached hydrogen (secondary N) is 1. The Morgan fingerprint density at radius 2 is 0.754 bits per heavy atom. The maximum atomic E-state index is 12.2. The van der Waals surface area contributed by atoms with E-state index in [1.165, 1.54) is 6.92 Å². The number of amides is 1. The number of carbonyl (C=O) groups is 1. The summed E-state index contributed by atoms with van der Waals surface area (Å²) >= 11 is 5.04. The second-order valence-electron chi connectivity index (χ2n) is 15.0. The van der Waals surface area contributed by atoms with Gasteiger partial charge in [-0.15, -0.1) is 0 Å². The van der Waals surface area contributed by atoms with Crippen LogP contribution in [0.4, 0.5) is 11.4 Å². The van der Waals surface area contributed by atoms with Gasteiger partial charge in [-0.1, -0.05) is 18.2 Å². The number of benzene rings is 6. The van der Waals surface area contributed by atoms with Gasteiger partial charge < -0.3 is 25.3 Å². The minimum Gasteiger partial charge on any atom is -0.457 e. The van der Waals surface area contributed by atoms with E-state index in [0.717, 1.165) is 23.0 Å². The second kappa shape index (κ2) is 21.5. The van der Waals surface area contributed by atoms with Crippen LogP contribution in [0.5, 0.6) is 34.5 Å². The second-order valence-corrected chi connectivity index (χ2v) is 25.1. The van der Waals surface area contributed by atoms with Crippen molar-refractivity contribution in [2.75, 3.05) is 45.6 Å². The molecule has 0 aromatic heterocycles. The SMILES string of the molecule is CC(=O)Nc1ccc(Oc2ccc(S(=O)(=O)CC3CS3)cc2)cc1.Nc1ccc(Oc2ccc(S(=O)(=O)CC3CS3)cc2)cc1.O=S(=O)(CC1CS1)c1ccc(Oc2ccccc2)cc1. The standard InChI is InChI=1S/C17H17NO4S2.C15H15NO3S2.C15H14O3S2/c1-12(19)18-13-2-4-14(5-3-13)22-15-6-8-17(9-7-15)24(20,21)11-16-10-23-16;16-11-1-3-12(4-2-11)19-13-5-7-15(8-6-13)21(17,18)10-14-9-20-14;16-20(17,11-14-10-19-14)15-8-6-13(7-9-15)18-12-4-2-1-3-5-12/h2-9,16H,10-11H2,1H3,(H,18,19);1-8,14H,9-10,16H2;1-9,14H,10-11H2. The number of ether oxygens (including phenoxy) is 3. The predicted molar refractivity (Wildman–Crippen MR) is 262 cm³/mol.